The topological polar surface area (TPSA) is 9.23 Å². The Balaban J connectivity index is 2.15. The highest BCUT2D eigenvalue weighted by atomic mass is 35.5. The van der Waals surface area contributed by atoms with Crippen molar-refractivity contribution in [3.8, 4) is 5.75 Å². The molecule has 0 aliphatic rings. The van der Waals surface area contributed by atoms with Crippen molar-refractivity contribution < 1.29 is 4.74 Å². The third-order valence-electron chi connectivity index (χ3n) is 2.58. The van der Waals surface area contributed by atoms with Crippen molar-refractivity contribution in [1.82, 2.24) is 0 Å². The highest BCUT2D eigenvalue weighted by Gasteiger charge is 2.08. The lowest BCUT2D eigenvalue weighted by atomic mass is 10.2. The van der Waals surface area contributed by atoms with Crippen LogP contribution in [-0.2, 0) is 12.5 Å². The molecule has 0 N–H and O–H groups in total. The fourth-order valence-electron chi connectivity index (χ4n) is 1.56. The molecule has 0 saturated heterocycles. The fourth-order valence-corrected chi connectivity index (χ4v) is 2.50. The van der Waals surface area contributed by atoms with Crippen molar-refractivity contribution in [2.24, 2.45) is 0 Å². The van der Waals surface area contributed by atoms with E-state index >= 15 is 0 Å². The van der Waals surface area contributed by atoms with Crippen LogP contribution in [0.3, 0.4) is 0 Å². The Bertz CT molecular complexity index is 563. The minimum Gasteiger partial charge on any atom is -0.487 e. The molecule has 2 aromatic rings. The predicted octanol–water partition coefficient (Wildman–Crippen LogP) is 5.96. The van der Waals surface area contributed by atoms with Gasteiger partial charge in [0.05, 0.1) is 5.02 Å². The van der Waals surface area contributed by atoms with E-state index in [1.807, 2.05) is 6.07 Å². The highest BCUT2D eigenvalue weighted by Crippen LogP contribution is 2.29. The number of ether oxygens (including phenoxy) is 1. The van der Waals surface area contributed by atoms with Gasteiger partial charge in [-0.3, -0.25) is 0 Å². The van der Waals surface area contributed by atoms with Gasteiger partial charge in [-0.25, -0.2) is 0 Å². The number of rotatable bonds is 4. The van der Waals surface area contributed by atoms with Gasteiger partial charge in [-0.05, 0) is 29.8 Å². The Morgan fingerprint density at radius 3 is 2.16 bits per heavy atom. The van der Waals surface area contributed by atoms with Gasteiger partial charge >= 0.3 is 0 Å². The molecule has 0 atom stereocenters. The molecule has 0 radical (unpaired) electrons. The van der Waals surface area contributed by atoms with Crippen LogP contribution in [0.5, 0.6) is 5.75 Å². The van der Waals surface area contributed by atoms with Crippen LogP contribution in [-0.4, -0.2) is 0 Å². The Morgan fingerprint density at radius 1 is 0.895 bits per heavy atom. The molecule has 5 heteroatoms. The molecule has 100 valence electrons. The molecule has 0 unspecified atom stereocenters. The molecular weight excluding hydrogens is 326 g/mol. The number of benzene rings is 2. The van der Waals surface area contributed by atoms with Crippen molar-refractivity contribution in [2.45, 2.75) is 12.5 Å². The van der Waals surface area contributed by atoms with E-state index in [1.54, 1.807) is 30.3 Å². The summed E-state index contributed by atoms with van der Waals surface area (Å²) in [5.74, 6) is 0.989. The molecule has 19 heavy (non-hydrogen) atoms. The van der Waals surface area contributed by atoms with Crippen LogP contribution < -0.4 is 4.74 Å². The summed E-state index contributed by atoms with van der Waals surface area (Å²) >= 11 is 24.0. The number of alkyl halides is 1. The van der Waals surface area contributed by atoms with Gasteiger partial charge in [-0.15, -0.1) is 11.6 Å². The van der Waals surface area contributed by atoms with E-state index in [0.29, 0.717) is 26.7 Å². The first-order chi connectivity index (χ1) is 9.11. The van der Waals surface area contributed by atoms with Crippen molar-refractivity contribution in [3.63, 3.8) is 0 Å². The van der Waals surface area contributed by atoms with Gasteiger partial charge in [0.15, 0.2) is 0 Å². The van der Waals surface area contributed by atoms with E-state index in [-0.39, 0.29) is 6.61 Å². The fraction of sp³-hybridized carbons (Fsp3) is 0.143. The zero-order valence-corrected chi connectivity index (χ0v) is 12.8. The first-order valence-electron chi connectivity index (χ1n) is 5.52. The van der Waals surface area contributed by atoms with Gasteiger partial charge in [0, 0.05) is 21.5 Å². The lowest BCUT2D eigenvalue weighted by molar-refractivity contribution is 0.306. The lowest BCUT2D eigenvalue weighted by Crippen LogP contribution is -1.98. The van der Waals surface area contributed by atoms with Crippen molar-refractivity contribution >= 4 is 46.4 Å². The maximum absolute atomic E-state index is 6.10. The highest BCUT2D eigenvalue weighted by molar-refractivity contribution is 6.36. The Kier molecular flexibility index (Phi) is 5.23. The second-order valence-corrected chi connectivity index (χ2v) is 5.38. The van der Waals surface area contributed by atoms with E-state index in [0.717, 1.165) is 11.1 Å². The van der Waals surface area contributed by atoms with Gasteiger partial charge in [0.2, 0.25) is 0 Å². The lowest BCUT2D eigenvalue weighted by Gasteiger charge is -2.11. The third-order valence-corrected chi connectivity index (χ3v) is 3.90. The standard InChI is InChI=1S/C14H10Cl4O/c15-7-9-4-5-14(13(18)6-9)19-8-10-11(16)2-1-3-12(10)17/h1-6H,7-8H2. The molecule has 2 rings (SSSR count). The van der Waals surface area contributed by atoms with Gasteiger partial charge in [0.25, 0.3) is 0 Å². The summed E-state index contributed by atoms with van der Waals surface area (Å²) in [6.45, 7) is 0.262. The zero-order chi connectivity index (χ0) is 13.8. The van der Waals surface area contributed by atoms with Gasteiger partial charge < -0.3 is 4.74 Å². The quantitative estimate of drug-likeness (QED) is 0.626. The molecule has 0 aromatic heterocycles. The molecule has 0 spiro atoms. The average Bonchev–Trinajstić information content (AvgIpc) is 2.39. The second kappa shape index (κ2) is 6.71. The van der Waals surface area contributed by atoms with Gasteiger partial charge in [0.1, 0.15) is 12.4 Å². The molecule has 0 heterocycles. The molecule has 2 aromatic carbocycles. The van der Waals surface area contributed by atoms with Crippen LogP contribution >= 0.6 is 46.4 Å². The third kappa shape index (κ3) is 3.70. The second-order valence-electron chi connectivity index (χ2n) is 3.89. The molecule has 1 nitrogen and oxygen atoms in total. The summed E-state index contributed by atoms with van der Waals surface area (Å²) in [4.78, 5) is 0. The van der Waals surface area contributed by atoms with E-state index in [2.05, 4.69) is 0 Å². The number of halogens is 4. The largest absolute Gasteiger partial charge is 0.487 e. The maximum Gasteiger partial charge on any atom is 0.138 e. The van der Waals surface area contributed by atoms with Gasteiger partial charge in [-0.2, -0.15) is 0 Å². The normalized spacial score (nSPS) is 10.5. The molecule has 0 fully saturated rings. The first kappa shape index (κ1) is 14.8. The van der Waals surface area contributed by atoms with Crippen molar-refractivity contribution in [1.29, 1.82) is 0 Å². The Morgan fingerprint density at radius 2 is 1.58 bits per heavy atom. The van der Waals surface area contributed by atoms with E-state index in [9.17, 15) is 0 Å². The van der Waals surface area contributed by atoms with Crippen LogP contribution in [0.4, 0.5) is 0 Å². The smallest absolute Gasteiger partial charge is 0.138 e. The SMILES string of the molecule is ClCc1ccc(OCc2c(Cl)cccc2Cl)c(Cl)c1. The summed E-state index contributed by atoms with van der Waals surface area (Å²) in [7, 11) is 0. The summed E-state index contributed by atoms with van der Waals surface area (Å²) in [5.41, 5.74) is 1.68. The first-order valence-corrected chi connectivity index (χ1v) is 7.18. The minimum absolute atomic E-state index is 0.262. The van der Waals surface area contributed by atoms with E-state index in [4.69, 9.17) is 51.1 Å². The molecular formula is C14H10Cl4O. The summed E-state index contributed by atoms with van der Waals surface area (Å²) < 4.78 is 5.64. The van der Waals surface area contributed by atoms with Gasteiger partial charge in [-0.1, -0.05) is 46.9 Å². The summed E-state index contributed by atoms with van der Waals surface area (Å²) in [5, 5.41) is 1.66. The summed E-state index contributed by atoms with van der Waals surface area (Å²) in [6.07, 6.45) is 0. The average molecular weight is 336 g/mol. The predicted molar refractivity (Wildman–Crippen MR) is 81.8 cm³/mol. The molecule has 0 bridgehead atoms. The molecule has 0 aliphatic heterocycles. The van der Waals surface area contributed by atoms with Crippen LogP contribution in [0, 0.1) is 0 Å². The number of hydrogen-bond donors (Lipinski definition) is 0. The van der Waals surface area contributed by atoms with Crippen LogP contribution in [0.1, 0.15) is 11.1 Å². The van der Waals surface area contributed by atoms with E-state index in [1.165, 1.54) is 0 Å². The maximum atomic E-state index is 6.10. The van der Waals surface area contributed by atoms with Crippen LogP contribution in [0.25, 0.3) is 0 Å². The van der Waals surface area contributed by atoms with E-state index < -0.39 is 0 Å². The molecule has 0 saturated carbocycles. The number of hydrogen-bond acceptors (Lipinski definition) is 1. The molecule has 0 aliphatic carbocycles. The monoisotopic (exact) mass is 334 g/mol. The summed E-state index contributed by atoms with van der Waals surface area (Å²) in [6, 6.07) is 10.7. The van der Waals surface area contributed by atoms with Crippen LogP contribution in [0.2, 0.25) is 15.1 Å². The Hall–Kier alpha value is -0.600. The van der Waals surface area contributed by atoms with Crippen molar-refractivity contribution in [3.05, 3.63) is 62.6 Å². The van der Waals surface area contributed by atoms with Crippen LogP contribution in [0.15, 0.2) is 36.4 Å². The minimum atomic E-state index is 0.262. The zero-order valence-electron chi connectivity index (χ0n) is 9.80. The molecule has 0 amide bonds. The Labute approximate surface area is 132 Å². The van der Waals surface area contributed by atoms with Crippen molar-refractivity contribution in [2.75, 3.05) is 0 Å².